The number of thiazole rings is 1. The maximum atomic E-state index is 13.0. The van der Waals surface area contributed by atoms with Crippen molar-refractivity contribution in [3.63, 3.8) is 0 Å². The first-order chi connectivity index (χ1) is 17.9. The van der Waals surface area contributed by atoms with Crippen molar-refractivity contribution in [1.29, 1.82) is 0 Å². The molecule has 0 radical (unpaired) electrons. The lowest BCUT2D eigenvalue weighted by molar-refractivity contribution is 0.474. The highest BCUT2D eigenvalue weighted by Gasteiger charge is 2.33. The Labute approximate surface area is 222 Å². The van der Waals surface area contributed by atoms with E-state index in [1.54, 1.807) is 36.5 Å². The molecule has 0 unspecified atom stereocenters. The van der Waals surface area contributed by atoms with Gasteiger partial charge in [0.2, 0.25) is 16.0 Å². The molecule has 2 N–H and O–H groups in total. The minimum atomic E-state index is -3.62. The largest absolute Gasteiger partial charge is 0.508 e. The zero-order valence-corrected chi connectivity index (χ0v) is 21.7. The summed E-state index contributed by atoms with van der Waals surface area (Å²) in [6.07, 6.45) is 4.22. The van der Waals surface area contributed by atoms with Crippen molar-refractivity contribution in [2.75, 3.05) is 18.4 Å². The molecular formula is C25H21ClN6O3S2. The summed E-state index contributed by atoms with van der Waals surface area (Å²) in [6, 6.07) is 14.8. The number of nitrogens with one attached hydrogen (secondary N) is 1. The standard InChI is InChI=1S/C25H21ClN6O3S2/c26-17-4-6-20(7-5-17)37(34,35)31-11-9-18(15-31)28-24-27-10-8-21(29-24)23-22(16-2-1-3-19(33)14-16)30-25-32(23)12-13-36-25/h1-8,10,12-14,18,33H,9,11,15H2,(H,27,28,29)/t18-/m1/s1. The van der Waals surface area contributed by atoms with Crippen molar-refractivity contribution < 1.29 is 13.5 Å². The molecular weight excluding hydrogens is 532 g/mol. The topological polar surface area (TPSA) is 113 Å². The van der Waals surface area contributed by atoms with Crippen molar-refractivity contribution in [2.45, 2.75) is 17.4 Å². The molecule has 1 fully saturated rings. The van der Waals surface area contributed by atoms with Crippen LogP contribution in [0.4, 0.5) is 5.95 Å². The number of benzene rings is 2. The normalized spacial score (nSPS) is 16.4. The summed E-state index contributed by atoms with van der Waals surface area (Å²) in [4.78, 5) is 14.9. The molecule has 3 aromatic heterocycles. The summed E-state index contributed by atoms with van der Waals surface area (Å²) in [7, 11) is -3.62. The van der Waals surface area contributed by atoms with E-state index in [9.17, 15) is 13.5 Å². The van der Waals surface area contributed by atoms with Crippen LogP contribution in [0.2, 0.25) is 5.02 Å². The number of hydrogen-bond donors (Lipinski definition) is 2. The molecule has 37 heavy (non-hydrogen) atoms. The van der Waals surface area contributed by atoms with Crippen LogP contribution in [-0.2, 0) is 10.0 Å². The number of imidazole rings is 1. The predicted molar refractivity (Wildman–Crippen MR) is 143 cm³/mol. The lowest BCUT2D eigenvalue weighted by Crippen LogP contribution is -2.32. The number of aromatic nitrogens is 4. The van der Waals surface area contributed by atoms with Crippen LogP contribution in [0.3, 0.4) is 0 Å². The Morgan fingerprint density at radius 3 is 2.76 bits per heavy atom. The van der Waals surface area contributed by atoms with E-state index in [4.69, 9.17) is 21.6 Å². The highest BCUT2D eigenvalue weighted by atomic mass is 35.5. The summed E-state index contributed by atoms with van der Waals surface area (Å²) >= 11 is 7.42. The van der Waals surface area contributed by atoms with Crippen LogP contribution in [0.5, 0.6) is 5.75 Å². The average Bonchev–Trinajstić information content (AvgIpc) is 3.61. The Bertz CT molecular complexity index is 1700. The van der Waals surface area contributed by atoms with Crippen molar-refractivity contribution in [3.8, 4) is 28.4 Å². The van der Waals surface area contributed by atoms with E-state index in [1.807, 2.05) is 28.1 Å². The van der Waals surface area contributed by atoms with E-state index in [1.165, 1.54) is 27.8 Å². The maximum absolute atomic E-state index is 13.0. The number of hydrogen-bond acceptors (Lipinski definition) is 8. The van der Waals surface area contributed by atoms with Gasteiger partial charge in [-0.15, -0.1) is 11.3 Å². The van der Waals surface area contributed by atoms with E-state index >= 15 is 0 Å². The number of sulfonamides is 1. The van der Waals surface area contributed by atoms with E-state index in [0.717, 1.165) is 16.2 Å². The van der Waals surface area contributed by atoms with Crippen LogP contribution in [0.15, 0.2) is 77.3 Å². The van der Waals surface area contributed by atoms with Gasteiger partial charge in [-0.1, -0.05) is 23.7 Å². The summed E-state index contributed by atoms with van der Waals surface area (Å²) in [6.45, 7) is 0.691. The van der Waals surface area contributed by atoms with Gasteiger partial charge in [0.25, 0.3) is 0 Å². The number of halogens is 1. The average molecular weight is 553 g/mol. The number of phenolic OH excluding ortho intramolecular Hbond substituents is 1. The summed E-state index contributed by atoms with van der Waals surface area (Å²) in [5, 5.41) is 15.7. The number of rotatable bonds is 6. The van der Waals surface area contributed by atoms with Gasteiger partial charge in [0.1, 0.15) is 11.4 Å². The maximum Gasteiger partial charge on any atom is 0.243 e. The molecule has 1 aliphatic rings. The first-order valence-corrected chi connectivity index (χ1v) is 14.2. The molecule has 0 amide bonds. The molecule has 0 spiro atoms. The predicted octanol–water partition coefficient (Wildman–Crippen LogP) is 4.75. The molecule has 0 saturated carbocycles. The Balaban J connectivity index is 1.27. The molecule has 5 aromatic rings. The van der Waals surface area contributed by atoms with Gasteiger partial charge in [-0.3, -0.25) is 4.40 Å². The molecule has 1 saturated heterocycles. The van der Waals surface area contributed by atoms with Crippen LogP contribution in [0.25, 0.3) is 27.6 Å². The van der Waals surface area contributed by atoms with Crippen LogP contribution >= 0.6 is 22.9 Å². The molecule has 12 heteroatoms. The molecule has 6 rings (SSSR count). The van der Waals surface area contributed by atoms with Crippen molar-refractivity contribution in [1.82, 2.24) is 23.7 Å². The van der Waals surface area contributed by atoms with Crippen molar-refractivity contribution in [3.05, 3.63) is 77.4 Å². The third kappa shape index (κ3) is 4.55. The second-order valence-corrected chi connectivity index (χ2v) is 11.9. The van der Waals surface area contributed by atoms with Gasteiger partial charge in [-0.05, 0) is 48.9 Å². The zero-order valence-electron chi connectivity index (χ0n) is 19.3. The van der Waals surface area contributed by atoms with E-state index in [0.29, 0.717) is 41.9 Å². The lowest BCUT2D eigenvalue weighted by Gasteiger charge is -2.17. The SMILES string of the molecule is O=S(=O)(c1ccc(Cl)cc1)N1CC[C@@H](Nc2nccc(-c3c(-c4cccc(O)c4)nc4sccn34)n2)C1. The van der Waals surface area contributed by atoms with Gasteiger partial charge in [0.15, 0.2) is 4.96 Å². The highest BCUT2D eigenvalue weighted by Crippen LogP contribution is 2.35. The fourth-order valence-corrected chi connectivity index (χ4v) is 6.79. The van der Waals surface area contributed by atoms with Crippen LogP contribution in [-0.4, -0.2) is 56.3 Å². The van der Waals surface area contributed by atoms with Gasteiger partial charge >= 0.3 is 0 Å². The van der Waals surface area contributed by atoms with Crippen LogP contribution < -0.4 is 5.32 Å². The smallest absolute Gasteiger partial charge is 0.243 e. The first-order valence-electron chi connectivity index (χ1n) is 11.5. The quantitative estimate of drug-likeness (QED) is 0.312. The molecule has 1 atom stereocenters. The van der Waals surface area contributed by atoms with E-state index < -0.39 is 10.0 Å². The monoisotopic (exact) mass is 552 g/mol. The summed E-state index contributed by atoms with van der Waals surface area (Å²) in [5.74, 6) is 0.560. The fraction of sp³-hybridized carbons (Fsp3) is 0.160. The van der Waals surface area contributed by atoms with Gasteiger partial charge in [0, 0.05) is 47.5 Å². The molecule has 0 bridgehead atoms. The third-order valence-corrected chi connectivity index (χ3v) is 9.10. The highest BCUT2D eigenvalue weighted by molar-refractivity contribution is 7.89. The number of phenols is 1. The number of aromatic hydroxyl groups is 1. The minimum absolute atomic E-state index is 0.144. The summed E-state index contributed by atoms with van der Waals surface area (Å²) in [5.41, 5.74) is 2.92. The van der Waals surface area contributed by atoms with Gasteiger partial charge in [-0.25, -0.2) is 23.4 Å². The molecule has 2 aromatic carbocycles. The van der Waals surface area contributed by atoms with Crippen LogP contribution in [0.1, 0.15) is 6.42 Å². The number of anilines is 1. The second kappa shape index (κ2) is 9.42. The molecule has 188 valence electrons. The molecule has 1 aliphatic heterocycles. The fourth-order valence-electron chi connectivity index (χ4n) is 4.45. The number of nitrogens with zero attached hydrogens (tertiary/aromatic N) is 5. The Morgan fingerprint density at radius 1 is 1.11 bits per heavy atom. The molecule has 0 aliphatic carbocycles. The second-order valence-electron chi connectivity index (χ2n) is 8.63. The molecule has 4 heterocycles. The van der Waals surface area contributed by atoms with Crippen LogP contribution in [0, 0.1) is 0 Å². The first kappa shape index (κ1) is 23.9. The lowest BCUT2D eigenvalue weighted by atomic mass is 10.1. The van der Waals surface area contributed by atoms with Gasteiger partial charge in [0.05, 0.1) is 16.3 Å². The minimum Gasteiger partial charge on any atom is -0.508 e. The van der Waals surface area contributed by atoms with Crippen molar-refractivity contribution >= 4 is 43.9 Å². The number of fused-ring (bicyclic) bond motifs is 1. The molecule has 9 nitrogen and oxygen atoms in total. The van der Waals surface area contributed by atoms with Gasteiger partial charge < -0.3 is 10.4 Å². The third-order valence-electron chi connectivity index (χ3n) is 6.22. The Kier molecular flexibility index (Phi) is 6.07. The zero-order chi connectivity index (χ0) is 25.6. The Hall–Kier alpha value is -3.51. The summed E-state index contributed by atoms with van der Waals surface area (Å²) < 4.78 is 29.5. The van der Waals surface area contributed by atoms with Gasteiger partial charge in [-0.2, -0.15) is 4.31 Å². The van der Waals surface area contributed by atoms with E-state index in [2.05, 4.69) is 10.3 Å². The Morgan fingerprint density at radius 2 is 1.95 bits per heavy atom. The van der Waals surface area contributed by atoms with E-state index in [-0.39, 0.29) is 16.7 Å². The van der Waals surface area contributed by atoms with Crippen molar-refractivity contribution in [2.24, 2.45) is 0 Å².